The van der Waals surface area contributed by atoms with Crippen LogP contribution < -0.4 is 4.90 Å². The van der Waals surface area contributed by atoms with Gasteiger partial charge in [0.15, 0.2) is 0 Å². The fourth-order valence-corrected chi connectivity index (χ4v) is 9.94. The highest BCUT2D eigenvalue weighted by Crippen LogP contribution is 2.64. The van der Waals surface area contributed by atoms with Crippen molar-refractivity contribution in [2.75, 3.05) is 4.90 Å². The van der Waals surface area contributed by atoms with Crippen molar-refractivity contribution in [3.05, 3.63) is 210 Å². The molecule has 52 heavy (non-hydrogen) atoms. The Hall–Kier alpha value is -6.70. The van der Waals surface area contributed by atoms with Gasteiger partial charge in [0, 0.05) is 16.8 Å². The standard InChI is InChI=1S/C51H31N/c1-2-14-34-30-46-43(29-33(34)13-1)38-28-27-35(31-47(38)51(46)44-23-7-3-17-36(44)37-18-4-8-24-45(37)51)52-48-25-9-5-19-39(48)41-21-11-15-32-16-12-22-42(50(32)41)40-20-6-10-26-49(40)52/h1-31H. The molecule has 0 bridgehead atoms. The highest BCUT2D eigenvalue weighted by Gasteiger charge is 2.52. The molecule has 0 amide bonds. The maximum Gasteiger partial charge on any atom is 0.0726 e. The lowest BCUT2D eigenvalue weighted by Crippen LogP contribution is -2.26. The van der Waals surface area contributed by atoms with Crippen LogP contribution >= 0.6 is 0 Å². The van der Waals surface area contributed by atoms with E-state index >= 15 is 0 Å². The molecule has 0 saturated carbocycles. The molecule has 0 atom stereocenters. The van der Waals surface area contributed by atoms with E-state index in [9.17, 15) is 0 Å². The molecule has 12 rings (SSSR count). The predicted octanol–water partition coefficient (Wildman–Crippen LogP) is 13.5. The van der Waals surface area contributed by atoms with Crippen LogP contribution in [0.15, 0.2) is 188 Å². The first kappa shape index (κ1) is 28.0. The molecule has 9 aromatic carbocycles. The second kappa shape index (κ2) is 10.2. The Morgan fingerprint density at radius 3 is 1.38 bits per heavy atom. The van der Waals surface area contributed by atoms with E-state index < -0.39 is 5.41 Å². The van der Waals surface area contributed by atoms with Gasteiger partial charge in [0.2, 0.25) is 0 Å². The summed E-state index contributed by atoms with van der Waals surface area (Å²) in [4.78, 5) is 2.51. The lowest BCUT2D eigenvalue weighted by atomic mass is 9.70. The van der Waals surface area contributed by atoms with Crippen molar-refractivity contribution >= 4 is 38.6 Å². The number of para-hydroxylation sites is 2. The minimum absolute atomic E-state index is 0.447. The van der Waals surface area contributed by atoms with Gasteiger partial charge >= 0.3 is 0 Å². The van der Waals surface area contributed by atoms with Crippen LogP contribution in [0, 0.1) is 0 Å². The summed E-state index contributed by atoms with van der Waals surface area (Å²) in [5.41, 5.74) is 18.8. The summed E-state index contributed by atoms with van der Waals surface area (Å²) in [7, 11) is 0. The summed E-state index contributed by atoms with van der Waals surface area (Å²) < 4.78 is 0. The van der Waals surface area contributed by atoms with Gasteiger partial charge in [0.05, 0.1) is 16.8 Å². The van der Waals surface area contributed by atoms with E-state index in [4.69, 9.17) is 0 Å². The van der Waals surface area contributed by atoms with Gasteiger partial charge in [-0.3, -0.25) is 0 Å². The topological polar surface area (TPSA) is 3.24 Å². The minimum Gasteiger partial charge on any atom is -0.309 e. The molecule has 1 spiro atoms. The quantitative estimate of drug-likeness (QED) is 0.170. The third kappa shape index (κ3) is 3.48. The number of fused-ring (bicyclic) bond motifs is 15. The van der Waals surface area contributed by atoms with E-state index in [1.54, 1.807) is 0 Å². The van der Waals surface area contributed by atoms with Crippen molar-refractivity contribution in [1.29, 1.82) is 0 Å². The highest BCUT2D eigenvalue weighted by molar-refractivity contribution is 6.13. The maximum atomic E-state index is 2.51. The van der Waals surface area contributed by atoms with Crippen LogP contribution in [0.1, 0.15) is 22.3 Å². The Labute approximate surface area is 302 Å². The van der Waals surface area contributed by atoms with Crippen LogP contribution in [0.25, 0.3) is 66.1 Å². The largest absolute Gasteiger partial charge is 0.309 e. The van der Waals surface area contributed by atoms with E-state index in [-0.39, 0.29) is 0 Å². The van der Waals surface area contributed by atoms with Gasteiger partial charge in [0.25, 0.3) is 0 Å². The zero-order valence-electron chi connectivity index (χ0n) is 28.3. The van der Waals surface area contributed by atoms with Crippen molar-refractivity contribution in [3.63, 3.8) is 0 Å². The highest BCUT2D eigenvalue weighted by atomic mass is 15.1. The molecular weight excluding hydrogens is 627 g/mol. The minimum atomic E-state index is -0.447. The number of benzene rings is 9. The monoisotopic (exact) mass is 657 g/mol. The zero-order chi connectivity index (χ0) is 34.0. The van der Waals surface area contributed by atoms with Crippen molar-refractivity contribution < 1.29 is 0 Å². The number of anilines is 3. The summed E-state index contributed by atoms with van der Waals surface area (Å²) in [5.74, 6) is 0. The molecule has 3 aliphatic rings. The normalized spacial score (nSPS) is 13.9. The summed E-state index contributed by atoms with van der Waals surface area (Å²) in [6.45, 7) is 0. The van der Waals surface area contributed by atoms with E-state index in [0.29, 0.717) is 0 Å². The van der Waals surface area contributed by atoms with E-state index in [1.165, 1.54) is 99.7 Å². The number of nitrogens with zero attached hydrogens (tertiary/aromatic N) is 1. The summed E-state index contributed by atoms with van der Waals surface area (Å²) >= 11 is 0. The predicted molar refractivity (Wildman–Crippen MR) is 217 cm³/mol. The Morgan fingerprint density at radius 2 is 0.750 bits per heavy atom. The van der Waals surface area contributed by atoms with E-state index in [0.717, 1.165) is 5.69 Å². The summed E-state index contributed by atoms with van der Waals surface area (Å²) in [6.07, 6.45) is 0. The first-order valence-electron chi connectivity index (χ1n) is 18.2. The van der Waals surface area contributed by atoms with Gasteiger partial charge in [0.1, 0.15) is 0 Å². The first-order chi connectivity index (χ1) is 25.8. The average molecular weight is 658 g/mol. The Balaban J connectivity index is 1.20. The van der Waals surface area contributed by atoms with E-state index in [2.05, 4.69) is 193 Å². The molecule has 0 N–H and O–H groups in total. The molecule has 2 aliphatic carbocycles. The Bertz CT molecular complexity index is 2860. The van der Waals surface area contributed by atoms with Crippen LogP contribution in [0.2, 0.25) is 0 Å². The van der Waals surface area contributed by atoms with Crippen molar-refractivity contribution in [2.45, 2.75) is 5.41 Å². The molecule has 1 heterocycles. The molecule has 0 fully saturated rings. The first-order valence-corrected chi connectivity index (χ1v) is 18.2. The molecule has 1 nitrogen and oxygen atoms in total. The Morgan fingerprint density at radius 1 is 0.288 bits per heavy atom. The van der Waals surface area contributed by atoms with Crippen molar-refractivity contribution in [3.8, 4) is 44.5 Å². The summed E-state index contributed by atoms with van der Waals surface area (Å²) in [5, 5.41) is 5.11. The maximum absolute atomic E-state index is 2.51. The molecule has 1 aliphatic heterocycles. The molecule has 240 valence electrons. The number of hydrogen-bond acceptors (Lipinski definition) is 1. The third-order valence-electron chi connectivity index (χ3n) is 12.0. The van der Waals surface area contributed by atoms with Crippen molar-refractivity contribution in [1.82, 2.24) is 0 Å². The fraction of sp³-hybridized carbons (Fsp3) is 0.0196. The number of hydrogen-bond donors (Lipinski definition) is 0. The van der Waals surface area contributed by atoms with Gasteiger partial charge in [-0.25, -0.2) is 0 Å². The number of rotatable bonds is 1. The average Bonchev–Trinajstić information content (AvgIpc) is 3.66. The van der Waals surface area contributed by atoms with Crippen LogP contribution in [0.5, 0.6) is 0 Å². The molecule has 1 heteroatoms. The smallest absolute Gasteiger partial charge is 0.0726 e. The zero-order valence-corrected chi connectivity index (χ0v) is 28.3. The van der Waals surface area contributed by atoms with Crippen LogP contribution in [0.4, 0.5) is 17.1 Å². The molecular formula is C51H31N. The van der Waals surface area contributed by atoms with E-state index in [1.807, 2.05) is 0 Å². The van der Waals surface area contributed by atoms with Gasteiger partial charge in [-0.15, -0.1) is 0 Å². The molecule has 0 unspecified atom stereocenters. The van der Waals surface area contributed by atoms with Crippen LogP contribution in [-0.2, 0) is 5.41 Å². The van der Waals surface area contributed by atoms with Crippen LogP contribution in [-0.4, -0.2) is 0 Å². The van der Waals surface area contributed by atoms with Gasteiger partial charge in [-0.05, 0) is 114 Å². The molecule has 0 aromatic heterocycles. The molecule has 0 saturated heterocycles. The van der Waals surface area contributed by atoms with Gasteiger partial charge in [-0.2, -0.15) is 0 Å². The molecule has 0 radical (unpaired) electrons. The van der Waals surface area contributed by atoms with Gasteiger partial charge < -0.3 is 4.90 Å². The second-order valence-electron chi connectivity index (χ2n) is 14.4. The fourth-order valence-electron chi connectivity index (χ4n) is 9.94. The lowest BCUT2D eigenvalue weighted by molar-refractivity contribution is 0.795. The van der Waals surface area contributed by atoms with Gasteiger partial charge in [-0.1, -0.05) is 152 Å². The van der Waals surface area contributed by atoms with Crippen molar-refractivity contribution in [2.24, 2.45) is 0 Å². The second-order valence-corrected chi connectivity index (χ2v) is 14.4. The summed E-state index contributed by atoms with van der Waals surface area (Å²) in [6, 6.07) is 70.5. The molecule has 9 aromatic rings. The lowest BCUT2D eigenvalue weighted by Gasteiger charge is -2.34. The van der Waals surface area contributed by atoms with Crippen LogP contribution in [0.3, 0.4) is 0 Å². The Kier molecular flexibility index (Phi) is 5.49. The SMILES string of the molecule is c1ccc2c(c1)-c1cccc3cccc(c13)-c1ccccc1N2c1ccc2c(c1)C1(c3ccccc3-c3ccccc31)c1cc3ccccc3cc1-2. The third-order valence-corrected chi connectivity index (χ3v) is 12.0.